The van der Waals surface area contributed by atoms with Crippen LogP contribution in [0.5, 0.6) is 0 Å². The Labute approximate surface area is 117 Å². The number of nitrogens with one attached hydrogen (secondary N) is 1. The van der Waals surface area contributed by atoms with E-state index in [2.05, 4.69) is 37.4 Å². The first-order valence-electron chi connectivity index (χ1n) is 7.98. The summed E-state index contributed by atoms with van der Waals surface area (Å²) in [5, 5.41) is 3.66. The predicted octanol–water partition coefficient (Wildman–Crippen LogP) is 3.74. The minimum absolute atomic E-state index is 0.585. The first-order chi connectivity index (χ1) is 9.17. The lowest BCUT2D eigenvalue weighted by Gasteiger charge is -2.18. The molecule has 19 heavy (non-hydrogen) atoms. The maximum absolute atomic E-state index is 3.66. The summed E-state index contributed by atoms with van der Waals surface area (Å²) in [6.45, 7) is 6.94. The number of benzene rings is 1. The maximum atomic E-state index is 3.66. The fraction of sp³-hybridized carbons (Fsp3) is 0.667. The van der Waals surface area contributed by atoms with Gasteiger partial charge in [0.2, 0.25) is 0 Å². The van der Waals surface area contributed by atoms with Gasteiger partial charge in [0.1, 0.15) is 0 Å². The third-order valence-corrected chi connectivity index (χ3v) is 4.75. The van der Waals surface area contributed by atoms with Crippen LogP contribution in [0.3, 0.4) is 0 Å². The highest BCUT2D eigenvalue weighted by Crippen LogP contribution is 2.48. The first kappa shape index (κ1) is 13.2. The van der Waals surface area contributed by atoms with Crippen molar-refractivity contribution in [3.05, 3.63) is 34.9 Å². The molecule has 1 N–H and O–H groups in total. The molecule has 104 valence electrons. The van der Waals surface area contributed by atoms with E-state index in [-0.39, 0.29) is 0 Å². The normalized spacial score (nSPS) is 19.7. The molecule has 0 bridgehead atoms. The summed E-state index contributed by atoms with van der Waals surface area (Å²) in [6.07, 6.45) is 8.08. The molecule has 1 aromatic carbocycles. The number of fused-ring (bicyclic) bond motifs is 1. The fourth-order valence-corrected chi connectivity index (χ4v) is 3.39. The lowest BCUT2D eigenvalue weighted by molar-refractivity contribution is 0.432. The van der Waals surface area contributed by atoms with Gasteiger partial charge in [0.05, 0.1) is 0 Å². The smallest absolute Gasteiger partial charge is 0.00111 e. The van der Waals surface area contributed by atoms with Crippen LogP contribution >= 0.6 is 0 Å². The van der Waals surface area contributed by atoms with E-state index in [0.29, 0.717) is 5.41 Å². The topological polar surface area (TPSA) is 12.0 Å². The van der Waals surface area contributed by atoms with Crippen molar-refractivity contribution in [1.82, 2.24) is 5.32 Å². The Hall–Kier alpha value is -0.820. The van der Waals surface area contributed by atoms with Crippen molar-refractivity contribution in [2.75, 3.05) is 13.1 Å². The number of aryl methyl sites for hydroxylation is 2. The van der Waals surface area contributed by atoms with Crippen LogP contribution in [0.15, 0.2) is 18.2 Å². The Kier molecular flexibility index (Phi) is 3.66. The number of rotatable bonds is 6. The highest BCUT2D eigenvalue weighted by atomic mass is 14.9. The van der Waals surface area contributed by atoms with Gasteiger partial charge in [-0.1, -0.05) is 32.0 Å². The molecule has 0 heterocycles. The molecule has 1 nitrogen and oxygen atoms in total. The van der Waals surface area contributed by atoms with E-state index in [9.17, 15) is 0 Å². The molecule has 1 saturated carbocycles. The van der Waals surface area contributed by atoms with Crippen molar-refractivity contribution in [2.45, 2.75) is 52.4 Å². The molecular weight excluding hydrogens is 230 g/mol. The molecule has 0 radical (unpaired) electrons. The zero-order valence-corrected chi connectivity index (χ0v) is 12.5. The van der Waals surface area contributed by atoms with E-state index in [0.717, 1.165) is 12.5 Å². The van der Waals surface area contributed by atoms with Crippen LogP contribution in [-0.2, 0) is 19.3 Å². The largest absolute Gasteiger partial charge is 0.316 e. The van der Waals surface area contributed by atoms with Gasteiger partial charge in [0.15, 0.2) is 0 Å². The third kappa shape index (κ3) is 3.20. The van der Waals surface area contributed by atoms with E-state index in [1.165, 1.54) is 45.1 Å². The minimum Gasteiger partial charge on any atom is -0.316 e. The molecule has 2 aliphatic rings. The summed E-state index contributed by atoms with van der Waals surface area (Å²) < 4.78 is 0. The van der Waals surface area contributed by atoms with Gasteiger partial charge in [-0.3, -0.25) is 0 Å². The quantitative estimate of drug-likeness (QED) is 0.818. The molecule has 0 spiro atoms. The van der Waals surface area contributed by atoms with Crippen LogP contribution in [0.4, 0.5) is 0 Å². The number of hydrogen-bond acceptors (Lipinski definition) is 1. The van der Waals surface area contributed by atoms with Crippen molar-refractivity contribution >= 4 is 0 Å². The highest BCUT2D eigenvalue weighted by molar-refractivity contribution is 5.36. The second-order valence-corrected chi connectivity index (χ2v) is 7.16. The maximum Gasteiger partial charge on any atom is 0.00111 e. The molecule has 0 unspecified atom stereocenters. The van der Waals surface area contributed by atoms with E-state index in [1.807, 2.05) is 0 Å². The molecule has 0 saturated heterocycles. The van der Waals surface area contributed by atoms with E-state index < -0.39 is 0 Å². The van der Waals surface area contributed by atoms with E-state index in [4.69, 9.17) is 0 Å². The highest BCUT2D eigenvalue weighted by Gasteiger charge is 2.41. The molecule has 2 aliphatic carbocycles. The summed E-state index contributed by atoms with van der Waals surface area (Å²) in [4.78, 5) is 0. The van der Waals surface area contributed by atoms with Gasteiger partial charge >= 0.3 is 0 Å². The Morgan fingerprint density at radius 3 is 2.68 bits per heavy atom. The summed E-state index contributed by atoms with van der Waals surface area (Å²) in [5.41, 5.74) is 5.39. The molecule has 0 atom stereocenters. The zero-order chi connectivity index (χ0) is 13.3. The Morgan fingerprint density at radius 2 is 1.95 bits per heavy atom. The Bertz CT molecular complexity index is 443. The van der Waals surface area contributed by atoms with Gasteiger partial charge in [-0.25, -0.2) is 0 Å². The van der Waals surface area contributed by atoms with Gasteiger partial charge in [-0.05, 0) is 73.1 Å². The van der Waals surface area contributed by atoms with Crippen molar-refractivity contribution < 1.29 is 0 Å². The predicted molar refractivity (Wildman–Crippen MR) is 81.5 cm³/mol. The average Bonchev–Trinajstić information content (AvgIpc) is 2.96. The first-order valence-corrected chi connectivity index (χ1v) is 7.98. The molecule has 3 rings (SSSR count). The molecule has 0 aliphatic heterocycles. The Balaban J connectivity index is 1.58. The zero-order valence-electron chi connectivity index (χ0n) is 12.5. The minimum atomic E-state index is 0.585. The fourth-order valence-electron chi connectivity index (χ4n) is 3.39. The third-order valence-electron chi connectivity index (χ3n) is 4.75. The van der Waals surface area contributed by atoms with Crippen molar-refractivity contribution in [1.29, 1.82) is 0 Å². The summed E-state index contributed by atoms with van der Waals surface area (Å²) in [5.74, 6) is 0.760. The van der Waals surface area contributed by atoms with Crippen LogP contribution < -0.4 is 5.32 Å². The van der Waals surface area contributed by atoms with Gasteiger partial charge in [-0.15, -0.1) is 0 Å². The molecule has 1 heteroatoms. The second-order valence-electron chi connectivity index (χ2n) is 7.16. The monoisotopic (exact) mass is 257 g/mol. The molecular formula is C18H27N. The van der Waals surface area contributed by atoms with Gasteiger partial charge in [-0.2, -0.15) is 0 Å². The number of hydrogen-bond donors (Lipinski definition) is 1. The average molecular weight is 257 g/mol. The van der Waals surface area contributed by atoms with E-state index in [1.54, 1.807) is 16.7 Å². The SMILES string of the molecule is CC(C)CNCC1(Cc2ccc3c(c2)CCC3)CC1. The molecule has 0 amide bonds. The standard InChI is InChI=1S/C18H27N/c1-14(2)12-19-13-18(8-9-18)11-15-6-7-16-4-3-5-17(16)10-15/h6-7,10,14,19H,3-5,8-9,11-13H2,1-2H3. The Morgan fingerprint density at radius 1 is 1.16 bits per heavy atom. The molecule has 1 aromatic rings. The van der Waals surface area contributed by atoms with Crippen LogP contribution in [0.1, 0.15) is 49.8 Å². The molecule has 1 fully saturated rings. The molecule has 0 aromatic heterocycles. The summed E-state index contributed by atoms with van der Waals surface area (Å²) in [6, 6.07) is 7.26. The van der Waals surface area contributed by atoms with Crippen LogP contribution in [0.2, 0.25) is 0 Å². The lowest BCUT2D eigenvalue weighted by atomic mass is 9.94. The second kappa shape index (κ2) is 5.28. The van der Waals surface area contributed by atoms with Gasteiger partial charge < -0.3 is 5.32 Å². The van der Waals surface area contributed by atoms with Crippen LogP contribution in [0, 0.1) is 11.3 Å². The van der Waals surface area contributed by atoms with Gasteiger partial charge in [0, 0.05) is 6.54 Å². The van der Waals surface area contributed by atoms with Crippen molar-refractivity contribution in [2.24, 2.45) is 11.3 Å². The van der Waals surface area contributed by atoms with Crippen LogP contribution in [-0.4, -0.2) is 13.1 Å². The van der Waals surface area contributed by atoms with Crippen molar-refractivity contribution in [3.63, 3.8) is 0 Å². The summed E-state index contributed by atoms with van der Waals surface area (Å²) >= 11 is 0. The van der Waals surface area contributed by atoms with Crippen LogP contribution in [0.25, 0.3) is 0 Å². The lowest BCUT2D eigenvalue weighted by Crippen LogP contribution is -2.28. The van der Waals surface area contributed by atoms with Gasteiger partial charge in [0.25, 0.3) is 0 Å². The summed E-state index contributed by atoms with van der Waals surface area (Å²) in [7, 11) is 0. The van der Waals surface area contributed by atoms with Crippen molar-refractivity contribution in [3.8, 4) is 0 Å². The van der Waals surface area contributed by atoms with E-state index >= 15 is 0 Å².